The fourth-order valence-electron chi connectivity index (χ4n) is 1.76. The number of alkyl halides is 3. The normalized spacial score (nSPS) is 11.9. The molecule has 0 radical (unpaired) electrons. The van der Waals surface area contributed by atoms with Gasteiger partial charge >= 0.3 is 16.3 Å². The summed E-state index contributed by atoms with van der Waals surface area (Å²) >= 11 is 5.69. The molecule has 0 aliphatic rings. The largest absolute Gasteiger partial charge is 0.405 e. The van der Waals surface area contributed by atoms with Gasteiger partial charge < -0.3 is 9.50 Å². The number of carbonyl (C=O) groups is 1. The van der Waals surface area contributed by atoms with Crippen LogP contribution in [0.4, 0.5) is 17.6 Å². The van der Waals surface area contributed by atoms with Gasteiger partial charge in [0.15, 0.2) is 5.75 Å². The number of rotatable bonds is 5. The standard InChI is InChI=1S/C15H10ClF4NO4S/c16-12-7-10(17)3-6-13(12)25-26(23,24)11-4-1-9(2-5-11)14(22)21-8-15(18,19)20/h1-7H,8H2,(H,21,22). The highest BCUT2D eigenvalue weighted by Gasteiger charge is 2.28. The van der Waals surface area contributed by atoms with Crippen molar-refractivity contribution in [3.05, 3.63) is 58.9 Å². The molecule has 0 unspecified atom stereocenters. The summed E-state index contributed by atoms with van der Waals surface area (Å²) in [5.41, 5.74) is -0.173. The van der Waals surface area contributed by atoms with Gasteiger partial charge in [0.2, 0.25) is 0 Å². The van der Waals surface area contributed by atoms with Crippen LogP contribution in [0.5, 0.6) is 5.75 Å². The lowest BCUT2D eigenvalue weighted by atomic mass is 10.2. The Morgan fingerprint density at radius 1 is 1.12 bits per heavy atom. The zero-order valence-corrected chi connectivity index (χ0v) is 14.3. The molecule has 140 valence electrons. The molecule has 2 aromatic rings. The van der Waals surface area contributed by atoms with Gasteiger partial charge in [0.1, 0.15) is 17.3 Å². The fourth-order valence-corrected chi connectivity index (χ4v) is 2.96. The molecular weight excluding hydrogens is 402 g/mol. The van der Waals surface area contributed by atoms with Crippen molar-refractivity contribution in [3.8, 4) is 5.75 Å². The van der Waals surface area contributed by atoms with E-state index in [2.05, 4.69) is 0 Å². The number of halogens is 5. The van der Waals surface area contributed by atoms with Gasteiger partial charge in [-0.25, -0.2) is 4.39 Å². The van der Waals surface area contributed by atoms with E-state index in [4.69, 9.17) is 15.8 Å². The topological polar surface area (TPSA) is 72.5 Å². The van der Waals surface area contributed by atoms with Gasteiger partial charge in [-0.05, 0) is 42.5 Å². The average molecular weight is 412 g/mol. The summed E-state index contributed by atoms with van der Waals surface area (Å²) in [5, 5.41) is 1.39. The molecule has 0 fully saturated rings. The first kappa shape index (κ1) is 20.0. The number of amides is 1. The van der Waals surface area contributed by atoms with Crippen LogP contribution in [0.25, 0.3) is 0 Å². The monoisotopic (exact) mass is 411 g/mol. The second-order valence-corrected chi connectivity index (χ2v) is 6.89. The molecule has 0 spiro atoms. The Morgan fingerprint density at radius 2 is 1.73 bits per heavy atom. The van der Waals surface area contributed by atoms with Crippen molar-refractivity contribution in [2.75, 3.05) is 6.54 Å². The minimum atomic E-state index is -4.57. The molecule has 0 aliphatic carbocycles. The van der Waals surface area contributed by atoms with E-state index in [1.807, 2.05) is 0 Å². The van der Waals surface area contributed by atoms with Crippen LogP contribution in [0.15, 0.2) is 47.4 Å². The van der Waals surface area contributed by atoms with Crippen molar-refractivity contribution in [3.63, 3.8) is 0 Å². The maximum Gasteiger partial charge on any atom is 0.405 e. The van der Waals surface area contributed by atoms with Crippen molar-refractivity contribution in [2.24, 2.45) is 0 Å². The molecular formula is C15H10ClF4NO4S. The molecule has 0 saturated carbocycles. The molecule has 5 nitrogen and oxygen atoms in total. The van der Waals surface area contributed by atoms with E-state index < -0.39 is 34.6 Å². The van der Waals surface area contributed by atoms with E-state index in [0.29, 0.717) is 0 Å². The summed E-state index contributed by atoms with van der Waals surface area (Å²) in [6.07, 6.45) is -4.57. The Kier molecular flexibility index (Phi) is 5.77. The molecule has 26 heavy (non-hydrogen) atoms. The lowest BCUT2D eigenvalue weighted by Gasteiger charge is -2.10. The molecule has 1 amide bonds. The highest BCUT2D eigenvalue weighted by atomic mass is 35.5. The van der Waals surface area contributed by atoms with Crippen LogP contribution in [0.3, 0.4) is 0 Å². The minimum absolute atomic E-state index is 0.173. The van der Waals surface area contributed by atoms with E-state index in [-0.39, 0.29) is 21.2 Å². The fraction of sp³-hybridized carbons (Fsp3) is 0.133. The van der Waals surface area contributed by atoms with Crippen LogP contribution in [0, 0.1) is 5.82 Å². The van der Waals surface area contributed by atoms with Gasteiger partial charge in [-0.1, -0.05) is 11.6 Å². The summed E-state index contributed by atoms with van der Waals surface area (Å²) in [7, 11) is -4.35. The SMILES string of the molecule is O=C(NCC(F)(F)F)c1ccc(S(=O)(=O)Oc2ccc(F)cc2Cl)cc1. The molecule has 0 aromatic heterocycles. The lowest BCUT2D eigenvalue weighted by molar-refractivity contribution is -0.123. The first-order valence-corrected chi connectivity index (χ1v) is 8.61. The Labute approximate surface area is 150 Å². The Hall–Kier alpha value is -2.33. The van der Waals surface area contributed by atoms with Crippen molar-refractivity contribution in [1.29, 1.82) is 0 Å². The highest BCUT2D eigenvalue weighted by molar-refractivity contribution is 7.87. The maximum absolute atomic E-state index is 13.0. The summed E-state index contributed by atoms with van der Waals surface area (Å²) in [5.74, 6) is -2.01. The van der Waals surface area contributed by atoms with Gasteiger partial charge in [0, 0.05) is 5.56 Å². The van der Waals surface area contributed by atoms with Crippen molar-refractivity contribution in [1.82, 2.24) is 5.32 Å². The molecule has 0 heterocycles. The van der Waals surface area contributed by atoms with Crippen LogP contribution >= 0.6 is 11.6 Å². The maximum atomic E-state index is 13.0. The molecule has 0 saturated heterocycles. The second kappa shape index (κ2) is 7.50. The van der Waals surface area contributed by atoms with Crippen LogP contribution in [-0.4, -0.2) is 27.0 Å². The number of nitrogens with one attached hydrogen (secondary N) is 1. The number of hydrogen-bond donors (Lipinski definition) is 1. The van der Waals surface area contributed by atoms with Gasteiger partial charge in [-0.3, -0.25) is 4.79 Å². The quantitative estimate of drug-likeness (QED) is 0.603. The van der Waals surface area contributed by atoms with Crippen LogP contribution in [-0.2, 0) is 10.1 Å². The number of benzene rings is 2. The Morgan fingerprint density at radius 3 is 2.27 bits per heavy atom. The molecule has 0 atom stereocenters. The molecule has 2 rings (SSSR count). The third-order valence-corrected chi connectivity index (χ3v) is 4.49. The van der Waals surface area contributed by atoms with Gasteiger partial charge in [-0.15, -0.1) is 0 Å². The molecule has 0 aliphatic heterocycles. The van der Waals surface area contributed by atoms with Gasteiger partial charge in [-0.2, -0.15) is 21.6 Å². The molecule has 1 N–H and O–H groups in total. The van der Waals surface area contributed by atoms with E-state index >= 15 is 0 Å². The van der Waals surface area contributed by atoms with E-state index in [0.717, 1.165) is 42.5 Å². The number of carbonyl (C=O) groups excluding carboxylic acids is 1. The van der Waals surface area contributed by atoms with Crippen LogP contribution in [0.1, 0.15) is 10.4 Å². The minimum Gasteiger partial charge on any atom is -0.377 e. The smallest absolute Gasteiger partial charge is 0.377 e. The average Bonchev–Trinajstić information content (AvgIpc) is 2.54. The van der Waals surface area contributed by atoms with E-state index in [9.17, 15) is 30.8 Å². The van der Waals surface area contributed by atoms with Gasteiger partial charge in [0.05, 0.1) is 5.02 Å². The second-order valence-electron chi connectivity index (χ2n) is 4.93. The predicted molar refractivity (Wildman–Crippen MR) is 84.1 cm³/mol. The molecule has 2 aromatic carbocycles. The predicted octanol–water partition coefficient (Wildman–Crippen LogP) is 3.54. The third-order valence-electron chi connectivity index (χ3n) is 2.95. The lowest BCUT2D eigenvalue weighted by Crippen LogP contribution is -2.33. The number of hydrogen-bond acceptors (Lipinski definition) is 4. The first-order valence-electron chi connectivity index (χ1n) is 6.82. The van der Waals surface area contributed by atoms with Crippen LogP contribution < -0.4 is 9.50 Å². The third kappa shape index (κ3) is 5.33. The van der Waals surface area contributed by atoms with E-state index in [1.165, 1.54) is 0 Å². The zero-order chi connectivity index (χ0) is 19.5. The molecule has 0 bridgehead atoms. The van der Waals surface area contributed by atoms with Crippen LogP contribution in [0.2, 0.25) is 5.02 Å². The first-order chi connectivity index (χ1) is 12.0. The van der Waals surface area contributed by atoms with E-state index in [1.54, 1.807) is 5.32 Å². The van der Waals surface area contributed by atoms with Crippen molar-refractivity contribution >= 4 is 27.6 Å². The summed E-state index contributed by atoms with van der Waals surface area (Å²) in [6, 6.07) is 6.84. The van der Waals surface area contributed by atoms with Crippen molar-refractivity contribution < 1.29 is 35.0 Å². The summed E-state index contributed by atoms with van der Waals surface area (Å²) in [4.78, 5) is 11.2. The Balaban J connectivity index is 2.14. The summed E-state index contributed by atoms with van der Waals surface area (Å²) < 4.78 is 78.3. The Bertz CT molecular complexity index is 914. The zero-order valence-electron chi connectivity index (χ0n) is 12.7. The summed E-state index contributed by atoms with van der Waals surface area (Å²) in [6.45, 7) is -1.52. The highest BCUT2D eigenvalue weighted by Crippen LogP contribution is 2.28. The van der Waals surface area contributed by atoms with Crippen molar-refractivity contribution in [2.45, 2.75) is 11.1 Å². The van der Waals surface area contributed by atoms with Gasteiger partial charge in [0.25, 0.3) is 5.91 Å². The molecule has 11 heteroatoms.